The van der Waals surface area contributed by atoms with E-state index in [-0.39, 0.29) is 17.5 Å². The first-order chi connectivity index (χ1) is 13.6. The Kier molecular flexibility index (Phi) is 7.71. The van der Waals surface area contributed by atoms with Crippen LogP contribution < -0.4 is 15.4 Å². The fourth-order valence-corrected chi connectivity index (χ4v) is 4.47. The van der Waals surface area contributed by atoms with E-state index in [1.807, 2.05) is 31.2 Å². The van der Waals surface area contributed by atoms with Gasteiger partial charge in [-0.15, -0.1) is 0 Å². The van der Waals surface area contributed by atoms with Crippen LogP contribution in [0.25, 0.3) is 0 Å². The van der Waals surface area contributed by atoms with Gasteiger partial charge >= 0.3 is 0 Å². The number of amides is 1. The Labute approximate surface area is 169 Å². The van der Waals surface area contributed by atoms with E-state index in [1.165, 1.54) is 32.1 Å². The third-order valence-corrected chi connectivity index (χ3v) is 6.24. The zero-order valence-corrected chi connectivity index (χ0v) is 17.3. The molecule has 1 saturated carbocycles. The van der Waals surface area contributed by atoms with Gasteiger partial charge in [0.15, 0.2) is 0 Å². The van der Waals surface area contributed by atoms with Crippen molar-refractivity contribution in [1.82, 2.24) is 15.5 Å². The first-order valence-corrected chi connectivity index (χ1v) is 10.6. The summed E-state index contributed by atoms with van der Waals surface area (Å²) in [5.41, 5.74) is 1.15. The van der Waals surface area contributed by atoms with Gasteiger partial charge in [0.1, 0.15) is 5.75 Å². The molecule has 1 amide bonds. The average molecular weight is 390 g/mol. The maximum absolute atomic E-state index is 12.6. The summed E-state index contributed by atoms with van der Waals surface area (Å²) in [4.78, 5) is 15.2. The van der Waals surface area contributed by atoms with Gasteiger partial charge in [-0.25, -0.2) is 0 Å². The highest BCUT2D eigenvalue weighted by atomic mass is 16.5. The Bertz CT molecular complexity index is 625. The van der Waals surface area contributed by atoms with Crippen LogP contribution in [0, 0.1) is 0 Å². The van der Waals surface area contributed by atoms with Crippen molar-refractivity contribution in [2.75, 3.05) is 40.0 Å². The molecule has 2 aliphatic rings. The van der Waals surface area contributed by atoms with E-state index in [1.54, 1.807) is 7.11 Å². The number of nitrogens with one attached hydrogen (secondary N) is 2. The van der Waals surface area contributed by atoms with Gasteiger partial charge in [-0.2, -0.15) is 0 Å². The van der Waals surface area contributed by atoms with E-state index in [0.29, 0.717) is 6.54 Å². The molecule has 6 nitrogen and oxygen atoms in total. The summed E-state index contributed by atoms with van der Waals surface area (Å²) >= 11 is 0. The largest absolute Gasteiger partial charge is 0.496 e. The number of benzene rings is 1. The number of hydrogen-bond donors (Lipinski definition) is 2. The van der Waals surface area contributed by atoms with Crippen molar-refractivity contribution in [3.63, 3.8) is 0 Å². The molecule has 1 aliphatic carbocycles. The quantitative estimate of drug-likeness (QED) is 0.715. The molecule has 6 heteroatoms. The van der Waals surface area contributed by atoms with Crippen molar-refractivity contribution < 1.29 is 14.3 Å². The zero-order chi connectivity index (χ0) is 19.8. The fraction of sp³-hybridized carbons (Fsp3) is 0.682. The molecule has 1 heterocycles. The topological polar surface area (TPSA) is 62.8 Å². The number of methoxy groups -OCH3 is 1. The molecule has 1 aromatic carbocycles. The van der Waals surface area contributed by atoms with E-state index in [0.717, 1.165) is 44.2 Å². The third kappa shape index (κ3) is 5.25. The second-order valence-electron chi connectivity index (χ2n) is 8.02. The van der Waals surface area contributed by atoms with Crippen LogP contribution in [-0.4, -0.2) is 62.3 Å². The van der Waals surface area contributed by atoms with Crippen molar-refractivity contribution in [2.24, 2.45) is 0 Å². The van der Waals surface area contributed by atoms with Crippen molar-refractivity contribution in [3.05, 3.63) is 29.8 Å². The van der Waals surface area contributed by atoms with Crippen LogP contribution >= 0.6 is 0 Å². The van der Waals surface area contributed by atoms with E-state index >= 15 is 0 Å². The molecular formula is C22H35N3O3. The standard InChI is InChI=1S/C22H35N3O3/c1-18(21(26)23-16-19-8-4-5-9-20(19)27-2)24-17-22(10-6-3-7-11-22)25-12-14-28-15-13-25/h4-5,8-9,18,24H,3,6-7,10-17H2,1-2H3,(H,23,26). The Morgan fingerprint density at radius 3 is 2.64 bits per heavy atom. The van der Waals surface area contributed by atoms with Crippen LogP contribution in [0.2, 0.25) is 0 Å². The lowest BCUT2D eigenvalue weighted by atomic mass is 9.79. The highest BCUT2D eigenvalue weighted by molar-refractivity contribution is 5.81. The smallest absolute Gasteiger partial charge is 0.237 e. The predicted molar refractivity (Wildman–Crippen MR) is 111 cm³/mol. The fourth-order valence-electron chi connectivity index (χ4n) is 4.47. The monoisotopic (exact) mass is 389 g/mol. The van der Waals surface area contributed by atoms with Crippen LogP contribution in [0.1, 0.15) is 44.6 Å². The number of carbonyl (C=O) groups excluding carboxylic acids is 1. The Balaban J connectivity index is 1.53. The third-order valence-electron chi connectivity index (χ3n) is 6.24. The molecule has 156 valence electrons. The molecule has 1 saturated heterocycles. The first kappa shape index (κ1) is 21.1. The lowest BCUT2D eigenvalue weighted by Crippen LogP contribution is -2.60. The molecule has 2 fully saturated rings. The van der Waals surface area contributed by atoms with Crippen LogP contribution in [0.15, 0.2) is 24.3 Å². The lowest BCUT2D eigenvalue weighted by Gasteiger charge is -2.48. The molecule has 0 radical (unpaired) electrons. The molecule has 2 N–H and O–H groups in total. The summed E-state index contributed by atoms with van der Waals surface area (Å²) in [5.74, 6) is 0.829. The second-order valence-corrected chi connectivity index (χ2v) is 8.02. The van der Waals surface area contributed by atoms with Crippen molar-refractivity contribution in [3.8, 4) is 5.75 Å². The average Bonchev–Trinajstić information content (AvgIpc) is 2.77. The molecule has 1 aromatic rings. The number of ether oxygens (including phenoxy) is 2. The molecule has 1 atom stereocenters. The van der Waals surface area contributed by atoms with Gasteiger partial charge < -0.3 is 20.1 Å². The second kappa shape index (κ2) is 10.2. The Morgan fingerprint density at radius 1 is 1.21 bits per heavy atom. The molecule has 0 spiro atoms. The van der Waals surface area contributed by atoms with Gasteiger partial charge in [0.2, 0.25) is 5.91 Å². The molecule has 1 unspecified atom stereocenters. The van der Waals surface area contributed by atoms with Gasteiger partial charge in [-0.3, -0.25) is 9.69 Å². The van der Waals surface area contributed by atoms with E-state index in [9.17, 15) is 4.79 Å². The minimum absolute atomic E-state index is 0.0267. The molecule has 0 bridgehead atoms. The maximum Gasteiger partial charge on any atom is 0.237 e. The van der Waals surface area contributed by atoms with Crippen LogP contribution in [0.4, 0.5) is 0 Å². The minimum atomic E-state index is -0.227. The highest BCUT2D eigenvalue weighted by Gasteiger charge is 2.38. The van der Waals surface area contributed by atoms with Crippen LogP contribution in [-0.2, 0) is 16.1 Å². The van der Waals surface area contributed by atoms with E-state index < -0.39 is 0 Å². The van der Waals surface area contributed by atoms with Gasteiger partial charge in [0, 0.05) is 37.3 Å². The lowest BCUT2D eigenvalue weighted by molar-refractivity contribution is -0.123. The number of hydrogen-bond acceptors (Lipinski definition) is 5. The molecule has 3 rings (SSSR count). The van der Waals surface area contributed by atoms with E-state index in [2.05, 4.69) is 15.5 Å². The van der Waals surface area contributed by atoms with E-state index in [4.69, 9.17) is 9.47 Å². The number of carbonyl (C=O) groups is 1. The van der Waals surface area contributed by atoms with Crippen LogP contribution in [0.3, 0.4) is 0 Å². The predicted octanol–water partition coefficient (Wildman–Crippen LogP) is 2.32. The molecule has 28 heavy (non-hydrogen) atoms. The van der Waals surface area contributed by atoms with Gasteiger partial charge in [-0.1, -0.05) is 37.5 Å². The molecule has 1 aliphatic heterocycles. The summed E-state index contributed by atoms with van der Waals surface area (Å²) < 4.78 is 10.9. The SMILES string of the molecule is COc1ccccc1CNC(=O)C(C)NCC1(N2CCOCC2)CCCCC1. The Morgan fingerprint density at radius 2 is 1.93 bits per heavy atom. The summed E-state index contributed by atoms with van der Waals surface area (Å²) in [7, 11) is 1.65. The van der Waals surface area contributed by atoms with Crippen molar-refractivity contribution >= 4 is 5.91 Å². The van der Waals surface area contributed by atoms with Gasteiger partial charge in [0.05, 0.1) is 26.4 Å². The van der Waals surface area contributed by atoms with Crippen LogP contribution in [0.5, 0.6) is 5.75 Å². The van der Waals surface area contributed by atoms with Crippen molar-refractivity contribution in [2.45, 2.75) is 57.2 Å². The maximum atomic E-state index is 12.6. The molecule has 0 aromatic heterocycles. The molecular weight excluding hydrogens is 354 g/mol. The summed E-state index contributed by atoms with van der Waals surface area (Å²) in [5, 5.41) is 6.57. The highest BCUT2D eigenvalue weighted by Crippen LogP contribution is 2.34. The number of para-hydroxylation sites is 1. The Hall–Kier alpha value is -1.63. The summed E-state index contributed by atoms with van der Waals surface area (Å²) in [6, 6.07) is 7.56. The summed E-state index contributed by atoms with van der Waals surface area (Å²) in [6.07, 6.45) is 6.27. The first-order valence-electron chi connectivity index (χ1n) is 10.6. The normalized spacial score (nSPS) is 21.1. The number of morpholine rings is 1. The number of nitrogens with zero attached hydrogens (tertiary/aromatic N) is 1. The zero-order valence-electron chi connectivity index (χ0n) is 17.3. The number of rotatable bonds is 8. The van der Waals surface area contributed by atoms with Gasteiger partial charge in [0.25, 0.3) is 0 Å². The minimum Gasteiger partial charge on any atom is -0.496 e. The van der Waals surface area contributed by atoms with Crippen molar-refractivity contribution in [1.29, 1.82) is 0 Å². The summed E-state index contributed by atoms with van der Waals surface area (Å²) in [6.45, 7) is 6.91. The van der Waals surface area contributed by atoms with Gasteiger partial charge in [-0.05, 0) is 25.8 Å².